The fourth-order valence-corrected chi connectivity index (χ4v) is 3.80. The molecule has 2 rings (SSSR count). The Morgan fingerprint density at radius 3 is 1.91 bits per heavy atom. The van der Waals surface area contributed by atoms with E-state index in [1.165, 1.54) is 44.9 Å². The highest BCUT2D eigenvalue weighted by atomic mass is 19.1. The smallest absolute Gasteiger partial charge is 0.343 e. The van der Waals surface area contributed by atoms with Gasteiger partial charge in [-0.1, -0.05) is 65.7 Å². The Labute approximate surface area is 211 Å². The molecule has 2 aromatic rings. The Morgan fingerprint density at radius 2 is 1.31 bits per heavy atom. The van der Waals surface area contributed by atoms with E-state index in [4.69, 9.17) is 14.2 Å². The van der Waals surface area contributed by atoms with Crippen LogP contribution in [0.1, 0.15) is 95.8 Å². The van der Waals surface area contributed by atoms with Crippen molar-refractivity contribution in [2.75, 3.05) is 6.61 Å². The molecular weight excluding hydrogens is 443 g/mol. The predicted molar refractivity (Wildman–Crippen MR) is 140 cm³/mol. The molecule has 0 saturated heterocycles. The van der Waals surface area contributed by atoms with Crippen molar-refractivity contribution in [2.45, 2.75) is 97.8 Å². The average molecular weight is 487 g/mol. The molecule has 0 saturated carbocycles. The van der Waals surface area contributed by atoms with Gasteiger partial charge in [0.2, 0.25) is 0 Å². The van der Waals surface area contributed by atoms with Crippen LogP contribution in [0.5, 0.6) is 17.2 Å². The van der Waals surface area contributed by atoms with Crippen molar-refractivity contribution in [2.24, 2.45) is 5.92 Å². The molecule has 0 aromatic heterocycles. The molecule has 2 atom stereocenters. The van der Waals surface area contributed by atoms with E-state index in [2.05, 4.69) is 6.92 Å². The third-order valence-electron chi connectivity index (χ3n) is 5.92. The van der Waals surface area contributed by atoms with Gasteiger partial charge in [-0.2, -0.15) is 0 Å². The number of rotatable bonds is 17. The molecule has 0 aliphatic carbocycles. The van der Waals surface area contributed by atoms with Crippen molar-refractivity contribution in [1.82, 2.24) is 0 Å². The second-order valence-electron chi connectivity index (χ2n) is 9.68. The van der Waals surface area contributed by atoms with Gasteiger partial charge in [-0.15, -0.1) is 0 Å². The van der Waals surface area contributed by atoms with Crippen LogP contribution >= 0.6 is 0 Å². The third-order valence-corrected chi connectivity index (χ3v) is 5.92. The van der Waals surface area contributed by atoms with Crippen LogP contribution in [0.2, 0.25) is 0 Å². The van der Waals surface area contributed by atoms with Crippen molar-refractivity contribution in [1.29, 1.82) is 0 Å². The standard InChI is InChI=1S/C30H43FO4/c1-5-6-7-8-9-10-11-12-21-33-26-17-19-28(20-18-26)35-30(32)25-13-15-27(16-14-25)34-24(4)29(31)22-23(2)3/h13-20,23-24,29H,5-12,21-22H2,1-4H3/t24-,29-/m0/s1. The van der Waals surface area contributed by atoms with E-state index in [0.29, 0.717) is 30.1 Å². The Hall–Kier alpha value is -2.56. The van der Waals surface area contributed by atoms with E-state index in [-0.39, 0.29) is 5.92 Å². The zero-order chi connectivity index (χ0) is 25.5. The molecule has 0 fully saturated rings. The molecule has 0 heterocycles. The first-order chi connectivity index (χ1) is 16.9. The Kier molecular flexibility index (Phi) is 13.3. The van der Waals surface area contributed by atoms with Gasteiger partial charge in [-0.05, 0) is 74.2 Å². The summed E-state index contributed by atoms with van der Waals surface area (Å²) in [4.78, 5) is 12.5. The van der Waals surface area contributed by atoms with Crippen molar-refractivity contribution < 1.29 is 23.4 Å². The second-order valence-corrected chi connectivity index (χ2v) is 9.68. The van der Waals surface area contributed by atoms with Crippen LogP contribution in [-0.4, -0.2) is 24.9 Å². The fraction of sp³-hybridized carbons (Fsp3) is 0.567. The summed E-state index contributed by atoms with van der Waals surface area (Å²) in [5.74, 6) is 1.56. The maximum absolute atomic E-state index is 14.2. The largest absolute Gasteiger partial charge is 0.494 e. The summed E-state index contributed by atoms with van der Waals surface area (Å²) in [5.41, 5.74) is 0.402. The maximum atomic E-state index is 14.2. The molecule has 0 aliphatic rings. The molecule has 0 spiro atoms. The van der Waals surface area contributed by atoms with Gasteiger partial charge < -0.3 is 14.2 Å². The number of carbonyl (C=O) groups excluding carboxylic acids is 1. The molecule has 0 radical (unpaired) electrons. The third kappa shape index (κ3) is 11.6. The van der Waals surface area contributed by atoms with Crippen LogP contribution < -0.4 is 14.2 Å². The lowest BCUT2D eigenvalue weighted by molar-refractivity contribution is 0.0734. The number of alkyl halides is 1. The van der Waals surface area contributed by atoms with Crippen molar-refractivity contribution >= 4 is 5.97 Å². The van der Waals surface area contributed by atoms with Gasteiger partial charge in [0.1, 0.15) is 29.5 Å². The molecule has 194 valence electrons. The number of benzene rings is 2. The number of esters is 1. The van der Waals surface area contributed by atoms with E-state index in [1.807, 2.05) is 26.0 Å². The molecule has 35 heavy (non-hydrogen) atoms. The lowest BCUT2D eigenvalue weighted by atomic mass is 10.0. The highest BCUT2D eigenvalue weighted by Gasteiger charge is 2.19. The molecule has 0 aliphatic heterocycles. The average Bonchev–Trinajstić information content (AvgIpc) is 2.84. The summed E-state index contributed by atoms with van der Waals surface area (Å²) >= 11 is 0. The molecule has 0 bridgehead atoms. The van der Waals surface area contributed by atoms with Gasteiger partial charge in [0, 0.05) is 0 Å². The molecule has 0 N–H and O–H groups in total. The fourth-order valence-electron chi connectivity index (χ4n) is 3.80. The summed E-state index contributed by atoms with van der Waals surface area (Å²) in [6, 6.07) is 13.7. The SMILES string of the molecule is CCCCCCCCCCOc1ccc(OC(=O)c2ccc(O[C@@H](C)[C@@H](F)CC(C)C)cc2)cc1. The lowest BCUT2D eigenvalue weighted by Gasteiger charge is -2.20. The van der Waals surface area contributed by atoms with Gasteiger partial charge in [0.25, 0.3) is 0 Å². The van der Waals surface area contributed by atoms with Crippen LogP contribution in [0, 0.1) is 5.92 Å². The topological polar surface area (TPSA) is 44.8 Å². The van der Waals surface area contributed by atoms with Crippen LogP contribution in [-0.2, 0) is 0 Å². The molecule has 5 heteroatoms. The van der Waals surface area contributed by atoms with Crippen molar-refractivity contribution in [3.05, 3.63) is 54.1 Å². The second kappa shape index (κ2) is 16.2. The Balaban J connectivity index is 1.70. The van der Waals surface area contributed by atoms with Crippen LogP contribution in [0.4, 0.5) is 4.39 Å². The number of unbranched alkanes of at least 4 members (excludes halogenated alkanes) is 7. The van der Waals surface area contributed by atoms with E-state index in [0.717, 1.165) is 12.2 Å². The highest BCUT2D eigenvalue weighted by molar-refractivity contribution is 5.91. The first-order valence-corrected chi connectivity index (χ1v) is 13.2. The van der Waals surface area contributed by atoms with Crippen LogP contribution in [0.15, 0.2) is 48.5 Å². The lowest BCUT2D eigenvalue weighted by Crippen LogP contribution is -2.26. The summed E-state index contributed by atoms with van der Waals surface area (Å²) in [6.45, 7) is 8.62. The molecule has 0 amide bonds. The quantitative estimate of drug-likeness (QED) is 0.128. The van der Waals surface area contributed by atoms with Crippen molar-refractivity contribution in [3.63, 3.8) is 0 Å². The number of carbonyl (C=O) groups is 1. The Morgan fingerprint density at radius 1 is 0.771 bits per heavy atom. The van der Waals surface area contributed by atoms with Gasteiger partial charge >= 0.3 is 5.97 Å². The predicted octanol–water partition coefficient (Wildman–Crippen LogP) is 8.58. The number of ether oxygens (including phenoxy) is 3. The van der Waals surface area contributed by atoms with Crippen molar-refractivity contribution in [3.8, 4) is 17.2 Å². The zero-order valence-corrected chi connectivity index (χ0v) is 21.9. The van der Waals surface area contributed by atoms with Gasteiger partial charge in [-0.25, -0.2) is 9.18 Å². The monoisotopic (exact) mass is 486 g/mol. The highest BCUT2D eigenvalue weighted by Crippen LogP contribution is 2.22. The molecule has 0 unspecified atom stereocenters. The van der Waals surface area contributed by atoms with Crippen LogP contribution in [0.3, 0.4) is 0 Å². The molecule has 2 aromatic carbocycles. The molecule has 4 nitrogen and oxygen atoms in total. The first kappa shape index (κ1) is 28.7. The number of hydrogen-bond acceptors (Lipinski definition) is 4. The first-order valence-electron chi connectivity index (χ1n) is 13.2. The summed E-state index contributed by atoms with van der Waals surface area (Å²) in [6.07, 6.45) is 9.00. The van der Waals surface area contributed by atoms with Crippen LogP contribution in [0.25, 0.3) is 0 Å². The zero-order valence-electron chi connectivity index (χ0n) is 21.9. The number of halogens is 1. The summed E-state index contributed by atoms with van der Waals surface area (Å²) in [7, 11) is 0. The molecular formula is C30H43FO4. The van der Waals surface area contributed by atoms with Gasteiger partial charge in [-0.3, -0.25) is 0 Å². The minimum Gasteiger partial charge on any atom is -0.494 e. The van der Waals surface area contributed by atoms with E-state index >= 15 is 0 Å². The maximum Gasteiger partial charge on any atom is 0.343 e. The summed E-state index contributed by atoms with van der Waals surface area (Å²) in [5, 5.41) is 0. The van der Waals surface area contributed by atoms with Gasteiger partial charge in [0.05, 0.1) is 12.2 Å². The minimum atomic E-state index is -1.04. The normalized spacial score (nSPS) is 12.9. The summed E-state index contributed by atoms with van der Waals surface area (Å²) < 4.78 is 31.1. The minimum absolute atomic E-state index is 0.267. The van der Waals surface area contributed by atoms with E-state index in [9.17, 15) is 9.18 Å². The Bertz CT molecular complexity index is 832. The van der Waals surface area contributed by atoms with E-state index < -0.39 is 18.2 Å². The van der Waals surface area contributed by atoms with Gasteiger partial charge in [0.15, 0.2) is 0 Å². The van der Waals surface area contributed by atoms with E-state index in [1.54, 1.807) is 43.3 Å². The number of hydrogen-bond donors (Lipinski definition) is 0.